The third kappa shape index (κ3) is 3.73. The molecule has 0 saturated carbocycles. The second-order valence-corrected chi connectivity index (χ2v) is 8.82. The molecule has 2 heterocycles. The van der Waals surface area contributed by atoms with Crippen molar-refractivity contribution >= 4 is 35.1 Å². The number of allylic oxidation sites excluding steroid dienone is 2. The van der Waals surface area contributed by atoms with Crippen molar-refractivity contribution in [2.45, 2.75) is 19.8 Å². The van der Waals surface area contributed by atoms with Crippen molar-refractivity contribution in [3.05, 3.63) is 66.7 Å². The average Bonchev–Trinajstić information content (AvgIpc) is 3.33. The highest BCUT2D eigenvalue weighted by Gasteiger charge is 2.50. The van der Waals surface area contributed by atoms with Gasteiger partial charge in [-0.2, -0.15) is 0 Å². The van der Waals surface area contributed by atoms with Gasteiger partial charge < -0.3 is 9.64 Å². The van der Waals surface area contributed by atoms with E-state index >= 15 is 0 Å². The minimum absolute atomic E-state index is 0.0231. The molecule has 0 radical (unpaired) electrons. The largest absolute Gasteiger partial charge is 0.426 e. The number of amides is 3. The summed E-state index contributed by atoms with van der Waals surface area (Å²) in [6.07, 6.45) is 4.63. The number of carbonyl (C=O) groups excluding carboxylic acids is 4. The van der Waals surface area contributed by atoms with Gasteiger partial charge >= 0.3 is 5.97 Å². The highest BCUT2D eigenvalue weighted by Crippen LogP contribution is 2.40. The van der Waals surface area contributed by atoms with Crippen molar-refractivity contribution < 1.29 is 23.9 Å². The maximum atomic E-state index is 12.9. The standard InChI is InChI=1S/C26H24N2O5/c1-16-6-5-9-21-23(16)25(31)28(24(21)30)19-10-12-20(13-11-19)33-26(32)17-14-22(29)27(15-17)18-7-3-2-4-8-18/h2-8,10-13,16-17,21,23H,9,14-15H2,1H3/t16-,17+,21+,23+/m0/s1. The van der Waals surface area contributed by atoms with Gasteiger partial charge in [0, 0.05) is 18.7 Å². The molecule has 5 rings (SSSR count). The van der Waals surface area contributed by atoms with E-state index in [0.717, 1.165) is 5.69 Å². The second kappa shape index (κ2) is 8.31. The van der Waals surface area contributed by atoms with Crippen molar-refractivity contribution in [2.75, 3.05) is 16.3 Å². The van der Waals surface area contributed by atoms with Crippen LogP contribution in [-0.2, 0) is 19.2 Å². The summed E-state index contributed by atoms with van der Waals surface area (Å²) in [5.41, 5.74) is 1.23. The van der Waals surface area contributed by atoms with Gasteiger partial charge in [0.2, 0.25) is 17.7 Å². The first-order valence-electron chi connectivity index (χ1n) is 11.2. The van der Waals surface area contributed by atoms with Crippen LogP contribution in [0.15, 0.2) is 66.7 Å². The van der Waals surface area contributed by atoms with Crippen LogP contribution < -0.4 is 14.5 Å². The zero-order valence-electron chi connectivity index (χ0n) is 18.2. The Labute approximate surface area is 191 Å². The number of hydrogen-bond acceptors (Lipinski definition) is 5. The lowest BCUT2D eigenvalue weighted by molar-refractivity contribution is -0.139. The lowest BCUT2D eigenvalue weighted by Crippen LogP contribution is -2.31. The third-order valence-corrected chi connectivity index (χ3v) is 6.71. The molecule has 4 atom stereocenters. The molecule has 2 saturated heterocycles. The summed E-state index contributed by atoms with van der Waals surface area (Å²) in [6.45, 7) is 2.22. The fourth-order valence-corrected chi connectivity index (χ4v) is 4.99. The monoisotopic (exact) mass is 444 g/mol. The molecule has 3 amide bonds. The number of anilines is 2. The quantitative estimate of drug-likeness (QED) is 0.313. The fraction of sp³-hybridized carbons (Fsp3) is 0.308. The van der Waals surface area contributed by atoms with E-state index < -0.39 is 11.9 Å². The lowest BCUT2D eigenvalue weighted by atomic mass is 9.78. The summed E-state index contributed by atoms with van der Waals surface area (Å²) in [5, 5.41) is 0. The molecule has 33 heavy (non-hydrogen) atoms. The summed E-state index contributed by atoms with van der Waals surface area (Å²) in [7, 11) is 0. The van der Waals surface area contributed by atoms with Crippen LogP contribution in [0.2, 0.25) is 0 Å². The van der Waals surface area contributed by atoms with Gasteiger partial charge in [-0.05, 0) is 48.7 Å². The van der Waals surface area contributed by atoms with E-state index in [-0.39, 0.29) is 48.4 Å². The van der Waals surface area contributed by atoms with Crippen molar-refractivity contribution in [1.29, 1.82) is 0 Å². The minimum Gasteiger partial charge on any atom is -0.426 e. The van der Waals surface area contributed by atoms with Crippen LogP contribution in [0.3, 0.4) is 0 Å². The van der Waals surface area contributed by atoms with E-state index in [1.165, 1.54) is 4.90 Å². The summed E-state index contributed by atoms with van der Waals surface area (Å²) in [6, 6.07) is 15.6. The number of fused-ring (bicyclic) bond motifs is 1. The topological polar surface area (TPSA) is 84.0 Å². The molecule has 7 heteroatoms. The van der Waals surface area contributed by atoms with Crippen LogP contribution >= 0.6 is 0 Å². The number of para-hydroxylation sites is 1. The second-order valence-electron chi connectivity index (χ2n) is 8.82. The van der Waals surface area contributed by atoms with Crippen LogP contribution in [0.25, 0.3) is 0 Å². The first kappa shape index (κ1) is 21.1. The van der Waals surface area contributed by atoms with Gasteiger partial charge in [0.05, 0.1) is 23.4 Å². The maximum absolute atomic E-state index is 12.9. The molecule has 2 aliphatic heterocycles. The van der Waals surface area contributed by atoms with Crippen LogP contribution in [0.1, 0.15) is 19.8 Å². The minimum atomic E-state index is -0.559. The molecule has 3 aliphatic rings. The Bertz CT molecular complexity index is 1140. The number of hydrogen-bond donors (Lipinski definition) is 0. The SMILES string of the molecule is C[C@H]1C=CC[C@H]2C(=O)N(c3ccc(OC(=O)[C@@H]4CC(=O)N(c5ccccc5)C4)cc3)C(=O)[C@H]12. The Kier molecular flexibility index (Phi) is 5.32. The van der Waals surface area contributed by atoms with Crippen LogP contribution in [0.5, 0.6) is 5.75 Å². The van der Waals surface area contributed by atoms with Crippen LogP contribution in [0, 0.1) is 23.7 Å². The molecular formula is C26H24N2O5. The number of nitrogens with zero attached hydrogens (tertiary/aromatic N) is 2. The van der Waals surface area contributed by atoms with Gasteiger partial charge in [0.25, 0.3) is 0 Å². The summed E-state index contributed by atoms with van der Waals surface area (Å²) < 4.78 is 5.50. The van der Waals surface area contributed by atoms with E-state index in [2.05, 4.69) is 0 Å². The van der Waals surface area contributed by atoms with E-state index in [4.69, 9.17) is 4.74 Å². The Balaban J connectivity index is 1.25. The van der Waals surface area contributed by atoms with Crippen LogP contribution in [-0.4, -0.2) is 30.2 Å². The number of carbonyl (C=O) groups is 4. The summed E-state index contributed by atoms with van der Waals surface area (Å²) in [5.74, 6) is -1.83. The van der Waals surface area contributed by atoms with Crippen molar-refractivity contribution in [2.24, 2.45) is 23.7 Å². The smallest absolute Gasteiger partial charge is 0.316 e. The Hall–Kier alpha value is -3.74. The summed E-state index contributed by atoms with van der Waals surface area (Å²) in [4.78, 5) is 53.7. The molecule has 168 valence electrons. The molecule has 1 aliphatic carbocycles. The lowest BCUT2D eigenvalue weighted by Gasteiger charge is -2.22. The van der Waals surface area contributed by atoms with E-state index in [0.29, 0.717) is 17.9 Å². The number of ether oxygens (including phenoxy) is 1. The molecule has 2 aromatic rings. The van der Waals surface area contributed by atoms with Gasteiger partial charge in [-0.15, -0.1) is 0 Å². The highest BCUT2D eigenvalue weighted by atomic mass is 16.5. The zero-order valence-corrected chi connectivity index (χ0v) is 18.2. The Morgan fingerprint density at radius 1 is 0.939 bits per heavy atom. The molecular weight excluding hydrogens is 420 g/mol. The predicted molar refractivity (Wildman–Crippen MR) is 121 cm³/mol. The molecule has 2 fully saturated rings. The van der Waals surface area contributed by atoms with Gasteiger partial charge in [-0.1, -0.05) is 37.3 Å². The van der Waals surface area contributed by atoms with E-state index in [9.17, 15) is 19.2 Å². The molecule has 0 unspecified atom stereocenters. The third-order valence-electron chi connectivity index (χ3n) is 6.71. The normalized spacial score (nSPS) is 26.6. The van der Waals surface area contributed by atoms with Gasteiger partial charge in [-0.3, -0.25) is 24.1 Å². The number of rotatable bonds is 4. The first-order valence-corrected chi connectivity index (χ1v) is 11.2. The fourth-order valence-electron chi connectivity index (χ4n) is 4.99. The predicted octanol–water partition coefficient (Wildman–Crippen LogP) is 3.35. The van der Waals surface area contributed by atoms with Crippen LogP contribution in [0.4, 0.5) is 11.4 Å². The number of esters is 1. The average molecular weight is 444 g/mol. The molecule has 0 spiro atoms. The van der Waals surface area contributed by atoms with Crippen molar-refractivity contribution in [3.8, 4) is 5.75 Å². The molecule has 0 aromatic heterocycles. The first-order chi connectivity index (χ1) is 15.9. The van der Waals surface area contributed by atoms with Gasteiger partial charge in [0.1, 0.15) is 5.75 Å². The highest BCUT2D eigenvalue weighted by molar-refractivity contribution is 6.22. The zero-order chi connectivity index (χ0) is 23.1. The molecule has 0 N–H and O–H groups in total. The maximum Gasteiger partial charge on any atom is 0.316 e. The molecule has 0 bridgehead atoms. The number of imide groups is 1. The summed E-state index contributed by atoms with van der Waals surface area (Å²) >= 11 is 0. The van der Waals surface area contributed by atoms with E-state index in [1.807, 2.05) is 49.4 Å². The Morgan fingerprint density at radius 2 is 1.67 bits per heavy atom. The van der Waals surface area contributed by atoms with Crippen molar-refractivity contribution in [3.63, 3.8) is 0 Å². The van der Waals surface area contributed by atoms with Gasteiger partial charge in [-0.25, -0.2) is 0 Å². The van der Waals surface area contributed by atoms with Gasteiger partial charge in [0.15, 0.2) is 0 Å². The molecule has 7 nitrogen and oxygen atoms in total. The Morgan fingerprint density at radius 3 is 2.36 bits per heavy atom. The van der Waals surface area contributed by atoms with Crippen molar-refractivity contribution in [1.82, 2.24) is 0 Å². The number of benzene rings is 2. The molecule has 2 aromatic carbocycles. The van der Waals surface area contributed by atoms with E-state index in [1.54, 1.807) is 29.2 Å².